The highest BCUT2D eigenvalue weighted by Crippen LogP contribution is 2.17. The summed E-state index contributed by atoms with van der Waals surface area (Å²) in [5, 5.41) is 14.7. The van der Waals surface area contributed by atoms with Gasteiger partial charge in [-0.2, -0.15) is 0 Å². The summed E-state index contributed by atoms with van der Waals surface area (Å²) in [7, 11) is 0. The lowest BCUT2D eigenvalue weighted by molar-refractivity contribution is 0.511. The summed E-state index contributed by atoms with van der Waals surface area (Å²) in [4.78, 5) is 0. The molecule has 18 heavy (non-hydrogen) atoms. The fraction of sp³-hybridized carbons (Fsp3) is 0.462. The van der Waals surface area contributed by atoms with Crippen molar-refractivity contribution in [1.29, 1.82) is 0 Å². The highest BCUT2D eigenvalue weighted by Gasteiger charge is 2.10. The Kier molecular flexibility index (Phi) is 3.92. The van der Waals surface area contributed by atoms with E-state index in [0.29, 0.717) is 12.0 Å². The number of benzene rings is 1. The molecule has 0 aliphatic heterocycles. The van der Waals surface area contributed by atoms with Crippen LogP contribution >= 0.6 is 0 Å². The molecule has 1 aromatic heterocycles. The molecule has 1 heterocycles. The van der Waals surface area contributed by atoms with Crippen LogP contribution in [0.4, 0.5) is 5.69 Å². The fourth-order valence-corrected chi connectivity index (χ4v) is 1.97. The lowest BCUT2D eigenvalue weighted by Crippen LogP contribution is -2.24. The maximum atomic E-state index is 3.89. The second-order valence-electron chi connectivity index (χ2n) is 4.71. The molecule has 0 aliphatic rings. The minimum Gasteiger partial charge on any atom is -0.382 e. The Morgan fingerprint density at radius 2 is 2.17 bits per heavy atom. The van der Waals surface area contributed by atoms with Gasteiger partial charge in [0.15, 0.2) is 0 Å². The van der Waals surface area contributed by atoms with Crippen molar-refractivity contribution in [2.24, 2.45) is 5.92 Å². The van der Waals surface area contributed by atoms with Crippen LogP contribution in [0, 0.1) is 5.92 Å². The smallest absolute Gasteiger partial charge is 0.143 e. The molecule has 1 aromatic carbocycles. The summed E-state index contributed by atoms with van der Waals surface area (Å²) in [6.07, 6.45) is 2.70. The van der Waals surface area contributed by atoms with Gasteiger partial charge in [-0.25, -0.2) is 4.68 Å². The van der Waals surface area contributed by atoms with Crippen LogP contribution in [0.1, 0.15) is 27.2 Å². The third-order valence-electron chi connectivity index (χ3n) is 3.06. The van der Waals surface area contributed by atoms with Crippen LogP contribution in [-0.2, 0) is 0 Å². The summed E-state index contributed by atoms with van der Waals surface area (Å²) >= 11 is 0. The van der Waals surface area contributed by atoms with Crippen LogP contribution < -0.4 is 5.32 Å². The number of rotatable bonds is 5. The molecule has 5 nitrogen and oxygen atoms in total. The summed E-state index contributed by atoms with van der Waals surface area (Å²) in [6, 6.07) is 8.60. The third kappa shape index (κ3) is 2.85. The van der Waals surface area contributed by atoms with Crippen LogP contribution in [0.3, 0.4) is 0 Å². The van der Waals surface area contributed by atoms with Crippen LogP contribution in [0.2, 0.25) is 0 Å². The van der Waals surface area contributed by atoms with Gasteiger partial charge < -0.3 is 5.32 Å². The van der Waals surface area contributed by atoms with Crippen molar-refractivity contribution in [3.63, 3.8) is 0 Å². The van der Waals surface area contributed by atoms with E-state index in [1.165, 1.54) is 0 Å². The third-order valence-corrected chi connectivity index (χ3v) is 3.06. The summed E-state index contributed by atoms with van der Waals surface area (Å²) in [5.74, 6) is 0.603. The first-order chi connectivity index (χ1) is 8.70. The van der Waals surface area contributed by atoms with Crippen LogP contribution in [-0.4, -0.2) is 26.2 Å². The Balaban J connectivity index is 2.17. The lowest BCUT2D eigenvalue weighted by atomic mass is 10.0. The van der Waals surface area contributed by atoms with E-state index < -0.39 is 0 Å². The van der Waals surface area contributed by atoms with E-state index in [9.17, 15) is 0 Å². The van der Waals surface area contributed by atoms with Crippen LogP contribution in [0.5, 0.6) is 0 Å². The molecule has 1 N–H and O–H groups in total. The quantitative estimate of drug-likeness (QED) is 0.879. The summed E-state index contributed by atoms with van der Waals surface area (Å²) < 4.78 is 1.65. The van der Waals surface area contributed by atoms with Gasteiger partial charge in [-0.3, -0.25) is 0 Å². The van der Waals surface area contributed by atoms with E-state index in [2.05, 4.69) is 53.7 Å². The minimum absolute atomic E-state index is 0.481. The average Bonchev–Trinajstić information content (AvgIpc) is 2.90. The van der Waals surface area contributed by atoms with Crippen molar-refractivity contribution in [2.75, 3.05) is 5.32 Å². The van der Waals surface area contributed by atoms with Gasteiger partial charge in [-0.15, -0.1) is 5.10 Å². The van der Waals surface area contributed by atoms with Gasteiger partial charge in [0.25, 0.3) is 0 Å². The van der Waals surface area contributed by atoms with Gasteiger partial charge in [-0.05, 0) is 41.0 Å². The highest BCUT2D eigenvalue weighted by molar-refractivity contribution is 5.51. The molecule has 2 rings (SSSR count). The van der Waals surface area contributed by atoms with Crippen molar-refractivity contribution in [3.05, 3.63) is 30.6 Å². The van der Waals surface area contributed by atoms with E-state index in [-0.39, 0.29) is 0 Å². The number of hydrogen-bond donors (Lipinski definition) is 1. The van der Waals surface area contributed by atoms with Crippen molar-refractivity contribution in [2.45, 2.75) is 33.2 Å². The fourth-order valence-electron chi connectivity index (χ4n) is 1.97. The largest absolute Gasteiger partial charge is 0.382 e. The molecule has 0 radical (unpaired) electrons. The first-order valence-electron chi connectivity index (χ1n) is 6.30. The van der Waals surface area contributed by atoms with Gasteiger partial charge in [0.05, 0.1) is 5.69 Å². The molecule has 0 saturated heterocycles. The molecular weight excluding hydrogens is 226 g/mol. The number of nitrogens with zero attached hydrogens (tertiary/aromatic N) is 4. The predicted octanol–water partition coefficient (Wildman–Crippen LogP) is 2.51. The van der Waals surface area contributed by atoms with E-state index in [1.54, 1.807) is 11.0 Å². The lowest BCUT2D eigenvalue weighted by Gasteiger charge is -2.22. The Hall–Kier alpha value is -1.91. The van der Waals surface area contributed by atoms with E-state index in [1.807, 2.05) is 12.1 Å². The second kappa shape index (κ2) is 5.62. The zero-order chi connectivity index (χ0) is 13.0. The zero-order valence-corrected chi connectivity index (χ0v) is 11.0. The molecule has 0 saturated carbocycles. The van der Waals surface area contributed by atoms with Gasteiger partial charge in [-0.1, -0.05) is 26.8 Å². The van der Waals surface area contributed by atoms with Crippen LogP contribution in [0.15, 0.2) is 30.6 Å². The molecule has 0 amide bonds. The summed E-state index contributed by atoms with van der Waals surface area (Å²) in [6.45, 7) is 6.65. The molecule has 1 atom stereocenters. The number of tetrazole rings is 1. The standard InChI is InChI=1S/C13H19N5/c1-4-13(10(2)3)15-11-6-5-7-12(8-11)18-9-14-16-17-18/h5-10,13,15H,4H2,1-3H3. The number of anilines is 1. The topological polar surface area (TPSA) is 55.6 Å². The van der Waals surface area contributed by atoms with Gasteiger partial charge in [0.1, 0.15) is 6.33 Å². The molecular formula is C13H19N5. The molecule has 0 aliphatic carbocycles. The highest BCUT2D eigenvalue weighted by atomic mass is 15.5. The SMILES string of the molecule is CCC(Nc1cccc(-n2cnnn2)c1)C(C)C. The van der Waals surface area contributed by atoms with Crippen molar-refractivity contribution in [1.82, 2.24) is 20.2 Å². The van der Waals surface area contributed by atoms with Crippen LogP contribution in [0.25, 0.3) is 5.69 Å². The molecule has 5 heteroatoms. The molecule has 2 aromatic rings. The molecule has 0 bridgehead atoms. The number of hydrogen-bond acceptors (Lipinski definition) is 4. The first kappa shape index (κ1) is 12.5. The monoisotopic (exact) mass is 245 g/mol. The summed E-state index contributed by atoms with van der Waals surface area (Å²) in [5.41, 5.74) is 2.06. The predicted molar refractivity (Wildman–Crippen MR) is 71.7 cm³/mol. The van der Waals surface area contributed by atoms with Gasteiger partial charge in [0, 0.05) is 11.7 Å². The zero-order valence-electron chi connectivity index (χ0n) is 11.0. The van der Waals surface area contributed by atoms with Gasteiger partial charge in [0.2, 0.25) is 0 Å². The molecule has 0 fully saturated rings. The maximum Gasteiger partial charge on any atom is 0.143 e. The first-order valence-corrected chi connectivity index (χ1v) is 6.30. The number of nitrogens with one attached hydrogen (secondary N) is 1. The van der Waals surface area contributed by atoms with E-state index in [4.69, 9.17) is 0 Å². The minimum atomic E-state index is 0.481. The maximum absolute atomic E-state index is 3.89. The number of aromatic nitrogens is 4. The second-order valence-corrected chi connectivity index (χ2v) is 4.71. The average molecular weight is 245 g/mol. The van der Waals surface area contributed by atoms with Crippen molar-refractivity contribution >= 4 is 5.69 Å². The van der Waals surface area contributed by atoms with Crippen molar-refractivity contribution < 1.29 is 0 Å². The van der Waals surface area contributed by atoms with Gasteiger partial charge >= 0.3 is 0 Å². The molecule has 96 valence electrons. The Morgan fingerprint density at radius 1 is 1.33 bits per heavy atom. The molecule has 1 unspecified atom stereocenters. The Bertz CT molecular complexity index is 478. The molecule has 0 spiro atoms. The van der Waals surface area contributed by atoms with E-state index >= 15 is 0 Å². The normalized spacial score (nSPS) is 12.7. The Morgan fingerprint density at radius 3 is 2.78 bits per heavy atom. The van der Waals surface area contributed by atoms with Crippen molar-refractivity contribution in [3.8, 4) is 5.69 Å². The van der Waals surface area contributed by atoms with E-state index in [0.717, 1.165) is 17.8 Å². The Labute approximate surface area is 107 Å².